The maximum atomic E-state index is 14.4. The summed E-state index contributed by atoms with van der Waals surface area (Å²) < 4.78 is 55.0. The van der Waals surface area contributed by atoms with E-state index in [-0.39, 0.29) is 17.1 Å². The number of aromatic nitrogens is 2. The monoisotopic (exact) mass is 492 g/mol. The van der Waals surface area contributed by atoms with Crippen LogP contribution in [0.1, 0.15) is 53.5 Å². The highest BCUT2D eigenvalue weighted by molar-refractivity contribution is 7.89. The van der Waals surface area contributed by atoms with Crippen LogP contribution in [0.25, 0.3) is 0 Å². The van der Waals surface area contributed by atoms with Crippen LogP contribution in [0, 0.1) is 11.6 Å². The molecule has 11 heteroatoms. The third-order valence-electron chi connectivity index (χ3n) is 5.73. The molecule has 1 heterocycles. The van der Waals surface area contributed by atoms with Gasteiger partial charge in [0.05, 0.1) is 10.5 Å². The molecule has 0 spiro atoms. The number of halogens is 2. The Morgan fingerprint density at radius 3 is 2.48 bits per heavy atom. The Labute approximate surface area is 194 Å². The van der Waals surface area contributed by atoms with Gasteiger partial charge in [0.2, 0.25) is 15.2 Å². The van der Waals surface area contributed by atoms with Crippen molar-refractivity contribution in [3.63, 3.8) is 0 Å². The standard InChI is InChI=1S/C22H22F2N4O3S2/c1-2-25-33(30,31)15-12-16(18(24)17(23)13-15)19(29)26-21-28-27-20(32-21)22(10-6-7-11-22)14-8-4-3-5-9-14/h3-5,8-9,12-13,25H,2,6-7,10-11H2,1H3,(H,26,28,29). The molecule has 0 unspecified atom stereocenters. The second-order valence-corrected chi connectivity index (χ2v) is 10.5. The summed E-state index contributed by atoms with van der Waals surface area (Å²) in [6.45, 7) is 1.60. The molecule has 1 fully saturated rings. The largest absolute Gasteiger partial charge is 0.296 e. The molecule has 1 saturated carbocycles. The van der Waals surface area contributed by atoms with E-state index in [2.05, 4.69) is 20.2 Å². The van der Waals surface area contributed by atoms with Crippen molar-refractivity contribution in [2.45, 2.75) is 42.9 Å². The molecule has 4 rings (SSSR count). The molecule has 0 aliphatic heterocycles. The quantitative estimate of drug-likeness (QED) is 0.514. The summed E-state index contributed by atoms with van der Waals surface area (Å²) in [5, 5.41) is 11.6. The maximum absolute atomic E-state index is 14.4. The normalized spacial score (nSPS) is 15.5. The van der Waals surface area contributed by atoms with Crippen LogP contribution in [0.5, 0.6) is 0 Å². The SMILES string of the molecule is CCNS(=O)(=O)c1cc(F)c(F)c(C(=O)Nc2nnc(C3(c4ccccc4)CCCC3)s2)c1. The van der Waals surface area contributed by atoms with Crippen molar-refractivity contribution in [3.05, 3.63) is 70.2 Å². The first kappa shape index (κ1) is 23.4. The second kappa shape index (κ2) is 9.24. The number of anilines is 1. The van der Waals surface area contributed by atoms with Gasteiger partial charge in [-0.25, -0.2) is 21.9 Å². The van der Waals surface area contributed by atoms with E-state index >= 15 is 0 Å². The van der Waals surface area contributed by atoms with Gasteiger partial charge in [0.25, 0.3) is 5.91 Å². The number of nitrogens with one attached hydrogen (secondary N) is 2. The van der Waals surface area contributed by atoms with Crippen molar-refractivity contribution in [2.75, 3.05) is 11.9 Å². The third kappa shape index (κ3) is 4.53. The Kier molecular flexibility index (Phi) is 6.55. The summed E-state index contributed by atoms with van der Waals surface area (Å²) in [5.41, 5.74) is 0.0758. The minimum atomic E-state index is -4.09. The molecule has 7 nitrogen and oxygen atoms in total. The number of carbonyl (C=O) groups excluding carboxylic acids is 1. The van der Waals surface area contributed by atoms with Gasteiger partial charge in [0.15, 0.2) is 11.6 Å². The average molecular weight is 493 g/mol. The van der Waals surface area contributed by atoms with Crippen LogP contribution in [0.2, 0.25) is 0 Å². The van der Waals surface area contributed by atoms with Crippen molar-refractivity contribution in [3.8, 4) is 0 Å². The van der Waals surface area contributed by atoms with E-state index in [4.69, 9.17) is 0 Å². The fourth-order valence-electron chi connectivity index (χ4n) is 4.15. The van der Waals surface area contributed by atoms with E-state index < -0.39 is 38.0 Å². The lowest BCUT2D eigenvalue weighted by molar-refractivity contribution is 0.102. The van der Waals surface area contributed by atoms with Crippen molar-refractivity contribution < 1.29 is 22.0 Å². The van der Waals surface area contributed by atoms with Gasteiger partial charge in [0.1, 0.15) is 5.01 Å². The van der Waals surface area contributed by atoms with Crippen LogP contribution in [0.4, 0.5) is 13.9 Å². The number of rotatable bonds is 7. The van der Waals surface area contributed by atoms with Crippen LogP contribution in [0.15, 0.2) is 47.4 Å². The van der Waals surface area contributed by atoms with Crippen LogP contribution < -0.4 is 10.0 Å². The van der Waals surface area contributed by atoms with Crippen molar-refractivity contribution >= 4 is 32.4 Å². The molecule has 0 bridgehead atoms. The van der Waals surface area contributed by atoms with Crippen LogP contribution in [0.3, 0.4) is 0 Å². The number of amides is 1. The third-order valence-corrected chi connectivity index (χ3v) is 8.30. The highest BCUT2D eigenvalue weighted by atomic mass is 32.2. The summed E-state index contributed by atoms with van der Waals surface area (Å²) in [5.74, 6) is -3.89. The molecule has 1 amide bonds. The van der Waals surface area contributed by atoms with Gasteiger partial charge in [-0.1, -0.05) is 61.4 Å². The summed E-state index contributed by atoms with van der Waals surface area (Å²) in [7, 11) is -4.09. The van der Waals surface area contributed by atoms with Crippen molar-refractivity contribution in [1.82, 2.24) is 14.9 Å². The fraction of sp³-hybridized carbons (Fsp3) is 0.318. The van der Waals surface area contributed by atoms with Gasteiger partial charge in [0, 0.05) is 12.0 Å². The molecule has 0 radical (unpaired) electrons. The first-order valence-corrected chi connectivity index (χ1v) is 12.8. The molecule has 3 aromatic rings. The lowest BCUT2D eigenvalue weighted by Gasteiger charge is -2.26. The van der Waals surface area contributed by atoms with Gasteiger partial charge in [-0.2, -0.15) is 0 Å². The Morgan fingerprint density at radius 1 is 1.12 bits per heavy atom. The Balaban J connectivity index is 1.63. The first-order valence-electron chi connectivity index (χ1n) is 10.5. The van der Waals surface area contributed by atoms with E-state index in [1.165, 1.54) is 11.3 Å². The van der Waals surface area contributed by atoms with Crippen molar-refractivity contribution in [1.29, 1.82) is 0 Å². The van der Waals surface area contributed by atoms with Gasteiger partial charge in [-0.15, -0.1) is 10.2 Å². The summed E-state index contributed by atoms with van der Waals surface area (Å²) in [6.07, 6.45) is 3.86. The smallest absolute Gasteiger partial charge is 0.260 e. The predicted molar refractivity (Wildman–Crippen MR) is 121 cm³/mol. The molecule has 1 aliphatic carbocycles. The van der Waals surface area contributed by atoms with Crippen LogP contribution >= 0.6 is 11.3 Å². The van der Waals surface area contributed by atoms with Crippen LogP contribution in [-0.4, -0.2) is 31.1 Å². The minimum Gasteiger partial charge on any atom is -0.296 e. The van der Waals surface area contributed by atoms with E-state index in [1.807, 2.05) is 30.3 Å². The highest BCUT2D eigenvalue weighted by Crippen LogP contribution is 2.47. The van der Waals surface area contributed by atoms with E-state index in [0.29, 0.717) is 6.07 Å². The van der Waals surface area contributed by atoms with Crippen molar-refractivity contribution in [2.24, 2.45) is 0 Å². The van der Waals surface area contributed by atoms with Gasteiger partial charge < -0.3 is 0 Å². The number of hydrogen-bond acceptors (Lipinski definition) is 6. The van der Waals surface area contributed by atoms with Gasteiger partial charge >= 0.3 is 0 Å². The molecule has 0 atom stereocenters. The zero-order valence-electron chi connectivity index (χ0n) is 17.8. The summed E-state index contributed by atoms with van der Waals surface area (Å²) >= 11 is 1.17. The topological polar surface area (TPSA) is 101 Å². The lowest BCUT2D eigenvalue weighted by Crippen LogP contribution is -2.24. The molecular weight excluding hydrogens is 470 g/mol. The Hall–Kier alpha value is -2.76. The second-order valence-electron chi connectivity index (χ2n) is 7.79. The number of benzene rings is 2. The minimum absolute atomic E-state index is 0.0551. The zero-order chi connectivity index (χ0) is 23.6. The molecule has 1 aliphatic rings. The van der Waals surface area contributed by atoms with Crippen LogP contribution in [-0.2, 0) is 15.4 Å². The molecule has 2 aromatic carbocycles. The Bertz CT molecular complexity index is 1270. The maximum Gasteiger partial charge on any atom is 0.260 e. The highest BCUT2D eigenvalue weighted by Gasteiger charge is 2.40. The predicted octanol–water partition coefficient (Wildman–Crippen LogP) is 4.23. The molecule has 174 valence electrons. The van der Waals surface area contributed by atoms with E-state index in [1.54, 1.807) is 6.92 Å². The van der Waals surface area contributed by atoms with E-state index in [0.717, 1.165) is 42.3 Å². The van der Waals surface area contributed by atoms with Gasteiger partial charge in [-0.3, -0.25) is 10.1 Å². The summed E-state index contributed by atoms with van der Waals surface area (Å²) in [4.78, 5) is 12.2. The molecule has 33 heavy (non-hydrogen) atoms. The number of sulfonamides is 1. The fourth-order valence-corrected chi connectivity index (χ4v) is 6.24. The number of carbonyl (C=O) groups is 1. The number of hydrogen-bond donors (Lipinski definition) is 2. The molecule has 1 aromatic heterocycles. The molecular formula is C22H22F2N4O3S2. The lowest BCUT2D eigenvalue weighted by atomic mass is 9.79. The molecule has 2 N–H and O–H groups in total. The average Bonchev–Trinajstić information content (AvgIpc) is 3.46. The zero-order valence-corrected chi connectivity index (χ0v) is 19.4. The Morgan fingerprint density at radius 2 is 1.82 bits per heavy atom. The molecule has 0 saturated heterocycles. The van der Waals surface area contributed by atoms with E-state index in [9.17, 15) is 22.0 Å². The van der Waals surface area contributed by atoms with Gasteiger partial charge in [-0.05, 0) is 30.5 Å². The number of nitrogens with zero attached hydrogens (tertiary/aromatic N) is 2. The first-order chi connectivity index (χ1) is 15.8. The summed E-state index contributed by atoms with van der Waals surface area (Å²) in [6, 6.07) is 11.3.